The molecule has 10 aliphatic rings. The molecule has 85 heavy (non-hydrogen) atoms. The SMILES string of the molecule is CC1(C)CC[C@]2(C(=O)O[C@@H]3O[C@H](CO[C@@H]4O[C@H](CO[C@@H]5OC[C@@H](O)[C@H](O)[C@H]5O)[C@@H](O)[C@H](O)[C@H]4O[C@@H]4O[C@H](CO)[C@@H](O)[C@H](O)[C@H]4O)[C@@H](O)[C@H](O)[C@H]3O)[C@H](O)C[C@]3(C)C(=CC[C@@H]4[C@@]5(C)CC[C@H](O[C@@H]6OC[C@@H](O)[C@H](O)[C@H]6O)C(C)(C)[C@@H]5CC[C@]43C)[C@@H]2C1. The van der Waals surface area contributed by atoms with Crippen LogP contribution in [0.5, 0.6) is 0 Å². The number of carbonyl (C=O) groups excluding carboxylic acids is 1. The van der Waals surface area contributed by atoms with Crippen LogP contribution in [0, 0.1) is 50.2 Å². The molecule has 5 aliphatic heterocycles. The smallest absolute Gasteiger partial charge is 0.317 e. The van der Waals surface area contributed by atoms with Gasteiger partial charge in [-0.15, -0.1) is 0 Å². The second-order valence-electron chi connectivity index (χ2n) is 28.4. The van der Waals surface area contributed by atoms with Crippen molar-refractivity contribution in [3.8, 4) is 0 Å². The zero-order valence-corrected chi connectivity index (χ0v) is 49.3. The van der Waals surface area contributed by atoms with Crippen LogP contribution < -0.4 is 0 Å². The van der Waals surface area contributed by atoms with Gasteiger partial charge in [-0.1, -0.05) is 60.1 Å². The highest BCUT2D eigenvalue weighted by Crippen LogP contribution is 2.76. The molecule has 488 valence electrons. The minimum atomic E-state index is -2.04. The summed E-state index contributed by atoms with van der Waals surface area (Å²) in [6.07, 6.45) is -33.8. The molecule has 9 fully saturated rings. The standard InChI is InChI=1S/C58H94O27/c1-53(2)14-15-58(24(16-53)23-8-9-31-55(5)12-11-33(83-48-43(72)35(64)26(61)20-77-48)54(3,4)30(55)10-13-56(31,6)57(23,7)17-32(58)62)52(75)85-50-45(74)40(69)37(66)28(81-50)22-79-51-46(84-49-44(73)39(68)36(65)27(18-59)80-49)41(70)38(67)29(82-51)21-78-47-42(71)34(63)25(60)19-76-47/h8,24-51,59-74H,9-22H2,1-7H3/t24-,25+,26+,27+,28+,29+,30-,31+,32+,33-,34-,35-,36+,37+,38+,39-,40-,41-,42+,43+,44+,45+,46+,47-,48-,49-,50-,51+,55-,56+,57+,58+/m0/s1. The van der Waals surface area contributed by atoms with Crippen LogP contribution in [0.1, 0.15) is 106 Å². The maximum absolute atomic E-state index is 15.4. The Labute approximate surface area is 493 Å². The van der Waals surface area contributed by atoms with Gasteiger partial charge in [0.25, 0.3) is 0 Å². The van der Waals surface area contributed by atoms with Gasteiger partial charge in [0.05, 0.1) is 45.2 Å². The quantitative estimate of drug-likeness (QED) is 0.0475. The van der Waals surface area contributed by atoms with E-state index in [1.807, 2.05) is 0 Å². The number of hydrogen-bond acceptors (Lipinski definition) is 27. The minimum absolute atomic E-state index is 0.138. The molecule has 32 atom stereocenters. The first-order valence-corrected chi connectivity index (χ1v) is 30.2. The summed E-state index contributed by atoms with van der Waals surface area (Å²) in [5.74, 6) is -1.12. The van der Waals surface area contributed by atoms with E-state index in [-0.39, 0.29) is 53.6 Å². The van der Waals surface area contributed by atoms with Crippen molar-refractivity contribution < 1.29 is 134 Å². The van der Waals surface area contributed by atoms with Gasteiger partial charge in [0.15, 0.2) is 25.2 Å². The van der Waals surface area contributed by atoms with E-state index in [0.29, 0.717) is 25.7 Å². The lowest BCUT2D eigenvalue weighted by Gasteiger charge is -2.71. The Morgan fingerprint density at radius 3 is 1.72 bits per heavy atom. The van der Waals surface area contributed by atoms with Crippen molar-refractivity contribution >= 4 is 5.97 Å². The summed E-state index contributed by atoms with van der Waals surface area (Å²) >= 11 is 0. The molecular formula is C58H94O27. The number of hydrogen-bond donors (Lipinski definition) is 16. The molecule has 5 heterocycles. The normalized spacial score (nSPS) is 54.1. The molecule has 0 spiro atoms. The predicted molar refractivity (Wildman–Crippen MR) is 285 cm³/mol. The second-order valence-corrected chi connectivity index (χ2v) is 28.4. The zero-order chi connectivity index (χ0) is 62.0. The largest absolute Gasteiger partial charge is 0.432 e. The summed E-state index contributed by atoms with van der Waals surface area (Å²) in [6.45, 7) is 12.6. The van der Waals surface area contributed by atoms with E-state index in [4.69, 9.17) is 47.4 Å². The molecule has 0 unspecified atom stereocenters. The predicted octanol–water partition coefficient (Wildman–Crippen LogP) is -3.96. The Balaban J connectivity index is 0.871. The number of carbonyl (C=O) groups is 1. The Morgan fingerprint density at radius 1 is 0.541 bits per heavy atom. The number of aliphatic hydroxyl groups is 16. The highest BCUT2D eigenvalue weighted by molar-refractivity contribution is 5.80. The van der Waals surface area contributed by atoms with Gasteiger partial charge >= 0.3 is 5.97 Å². The molecule has 5 aliphatic carbocycles. The summed E-state index contributed by atoms with van der Waals surface area (Å²) in [7, 11) is 0. The van der Waals surface area contributed by atoms with E-state index in [0.717, 1.165) is 24.8 Å². The third kappa shape index (κ3) is 11.2. The van der Waals surface area contributed by atoms with Gasteiger partial charge in [-0.3, -0.25) is 4.79 Å². The van der Waals surface area contributed by atoms with Gasteiger partial charge in [0.1, 0.15) is 115 Å². The van der Waals surface area contributed by atoms with Crippen LogP contribution in [-0.4, -0.2) is 274 Å². The van der Waals surface area contributed by atoms with Crippen LogP contribution in [0.4, 0.5) is 0 Å². The number of ether oxygens (including phenoxy) is 10. The first kappa shape index (κ1) is 66.1. The van der Waals surface area contributed by atoms with E-state index in [1.165, 1.54) is 0 Å². The highest BCUT2D eigenvalue weighted by Gasteiger charge is 2.72. The van der Waals surface area contributed by atoms with Crippen LogP contribution in [0.2, 0.25) is 0 Å². The number of rotatable bonds is 13. The fourth-order valence-corrected chi connectivity index (χ4v) is 17.3. The molecule has 0 amide bonds. The fraction of sp³-hybridized carbons (Fsp3) is 0.948. The van der Waals surface area contributed by atoms with Gasteiger partial charge in [0.2, 0.25) is 6.29 Å². The van der Waals surface area contributed by atoms with Gasteiger partial charge in [-0.05, 0) is 103 Å². The average Bonchev–Trinajstić information content (AvgIpc) is 0.686. The third-order valence-electron chi connectivity index (χ3n) is 22.7. The van der Waals surface area contributed by atoms with E-state index < -0.39 is 202 Å². The van der Waals surface area contributed by atoms with Crippen molar-refractivity contribution in [3.63, 3.8) is 0 Å². The topological polar surface area (TPSA) is 433 Å². The second kappa shape index (κ2) is 24.4. The molecule has 16 N–H and O–H groups in total. The maximum Gasteiger partial charge on any atom is 0.317 e. The number of allylic oxidation sites excluding steroid dienone is 2. The molecule has 27 heteroatoms. The molecule has 0 radical (unpaired) electrons. The van der Waals surface area contributed by atoms with Gasteiger partial charge < -0.3 is 129 Å². The molecular weight excluding hydrogens is 1130 g/mol. The Kier molecular flexibility index (Phi) is 18.9. The Morgan fingerprint density at radius 2 is 1.08 bits per heavy atom. The monoisotopic (exact) mass is 1220 g/mol. The lowest BCUT2D eigenvalue weighted by Crippen LogP contribution is -2.68. The van der Waals surface area contributed by atoms with Crippen LogP contribution in [0.3, 0.4) is 0 Å². The van der Waals surface area contributed by atoms with Crippen molar-refractivity contribution in [2.24, 2.45) is 50.2 Å². The molecule has 4 saturated carbocycles. The average molecular weight is 1220 g/mol. The molecule has 0 aromatic carbocycles. The first-order valence-electron chi connectivity index (χ1n) is 30.2. The molecule has 10 rings (SSSR count). The molecule has 0 aromatic rings. The van der Waals surface area contributed by atoms with Gasteiger partial charge in [0, 0.05) is 0 Å². The summed E-state index contributed by atoms with van der Waals surface area (Å²) in [5.41, 5.74) is -2.38. The lowest BCUT2D eigenvalue weighted by molar-refractivity contribution is -0.376. The fourth-order valence-electron chi connectivity index (χ4n) is 17.3. The van der Waals surface area contributed by atoms with Crippen molar-refractivity contribution in [3.05, 3.63) is 11.6 Å². The van der Waals surface area contributed by atoms with E-state index in [2.05, 4.69) is 54.5 Å². The summed E-state index contributed by atoms with van der Waals surface area (Å²) < 4.78 is 58.7. The zero-order valence-electron chi connectivity index (χ0n) is 49.3. The molecule has 0 aromatic heterocycles. The van der Waals surface area contributed by atoms with Crippen LogP contribution in [0.25, 0.3) is 0 Å². The summed E-state index contributed by atoms with van der Waals surface area (Å²) in [4.78, 5) is 15.4. The van der Waals surface area contributed by atoms with Crippen LogP contribution >= 0.6 is 0 Å². The third-order valence-corrected chi connectivity index (χ3v) is 22.7. The van der Waals surface area contributed by atoms with E-state index in [9.17, 15) is 81.7 Å². The van der Waals surface area contributed by atoms with Crippen LogP contribution in [0.15, 0.2) is 11.6 Å². The van der Waals surface area contributed by atoms with Crippen molar-refractivity contribution in [2.75, 3.05) is 33.0 Å². The summed E-state index contributed by atoms with van der Waals surface area (Å²) in [6, 6.07) is 0. The van der Waals surface area contributed by atoms with E-state index in [1.54, 1.807) is 0 Å². The minimum Gasteiger partial charge on any atom is -0.432 e. The Hall–Kier alpha value is -1.79. The number of fused-ring (bicyclic) bond motifs is 7. The number of esters is 1. The Bertz CT molecular complexity index is 2360. The molecule has 5 saturated heterocycles. The maximum atomic E-state index is 15.4. The molecule has 0 bridgehead atoms. The van der Waals surface area contributed by atoms with Crippen molar-refractivity contribution in [1.82, 2.24) is 0 Å². The van der Waals surface area contributed by atoms with Crippen LogP contribution in [-0.2, 0) is 52.2 Å². The van der Waals surface area contributed by atoms with Gasteiger partial charge in [-0.2, -0.15) is 0 Å². The van der Waals surface area contributed by atoms with Crippen molar-refractivity contribution in [2.45, 2.75) is 260 Å². The lowest BCUT2D eigenvalue weighted by atomic mass is 9.33. The highest BCUT2D eigenvalue weighted by atomic mass is 16.8. The van der Waals surface area contributed by atoms with E-state index >= 15 is 4.79 Å². The number of aliphatic hydroxyl groups excluding tert-OH is 16. The first-order chi connectivity index (χ1) is 39.8. The van der Waals surface area contributed by atoms with Crippen molar-refractivity contribution in [1.29, 1.82) is 0 Å². The molecule has 27 nitrogen and oxygen atoms in total. The summed E-state index contributed by atoms with van der Waals surface area (Å²) in [5, 5.41) is 174. The van der Waals surface area contributed by atoms with Gasteiger partial charge in [-0.25, -0.2) is 0 Å².